The minimum absolute atomic E-state index is 0.174. The molecular formula is C16H27N5O2. The fraction of sp³-hybridized carbons (Fsp3) is 0.812. The highest BCUT2D eigenvalue weighted by Gasteiger charge is 2.27. The first-order valence-corrected chi connectivity index (χ1v) is 8.68. The Labute approximate surface area is 137 Å². The van der Waals surface area contributed by atoms with E-state index in [1.54, 1.807) is 4.90 Å². The minimum atomic E-state index is -0.394. The molecule has 3 rings (SSSR count). The van der Waals surface area contributed by atoms with Crippen LogP contribution in [0.1, 0.15) is 49.7 Å². The van der Waals surface area contributed by atoms with E-state index in [1.807, 2.05) is 0 Å². The Morgan fingerprint density at radius 2 is 1.83 bits per heavy atom. The first-order chi connectivity index (χ1) is 11.2. The molecule has 0 unspecified atom stereocenters. The van der Waals surface area contributed by atoms with Gasteiger partial charge in [0.15, 0.2) is 0 Å². The summed E-state index contributed by atoms with van der Waals surface area (Å²) in [4.78, 5) is 15.7. The van der Waals surface area contributed by atoms with Gasteiger partial charge in [0.25, 0.3) is 0 Å². The van der Waals surface area contributed by atoms with Crippen LogP contribution < -0.4 is 0 Å². The molecule has 0 aromatic carbocycles. The molecule has 0 aliphatic carbocycles. The van der Waals surface area contributed by atoms with Crippen molar-refractivity contribution in [1.29, 1.82) is 0 Å². The molecule has 2 aliphatic rings. The molecule has 2 fully saturated rings. The van der Waals surface area contributed by atoms with Crippen molar-refractivity contribution in [3.8, 4) is 0 Å². The van der Waals surface area contributed by atoms with Gasteiger partial charge in [0.2, 0.25) is 5.91 Å². The number of likely N-dealkylation sites (tertiary alicyclic amines) is 2. The van der Waals surface area contributed by atoms with Gasteiger partial charge < -0.3 is 14.6 Å². The number of hydrogen-bond acceptors (Lipinski definition) is 5. The predicted octanol–water partition coefficient (Wildman–Crippen LogP) is 0.499. The third kappa shape index (κ3) is 3.72. The third-order valence-electron chi connectivity index (χ3n) is 5.16. The lowest BCUT2D eigenvalue weighted by Gasteiger charge is -2.31. The van der Waals surface area contributed by atoms with Crippen LogP contribution in [0.4, 0.5) is 0 Å². The normalized spacial score (nSPS) is 20.9. The van der Waals surface area contributed by atoms with Crippen molar-refractivity contribution >= 4 is 5.91 Å². The maximum absolute atomic E-state index is 11.5. The fourth-order valence-corrected chi connectivity index (χ4v) is 3.67. The zero-order chi connectivity index (χ0) is 16.2. The summed E-state index contributed by atoms with van der Waals surface area (Å²) in [5.41, 5.74) is 0. The molecule has 3 heterocycles. The lowest BCUT2D eigenvalue weighted by Crippen LogP contribution is -2.39. The molecule has 2 saturated heterocycles. The third-order valence-corrected chi connectivity index (χ3v) is 5.16. The second-order valence-corrected chi connectivity index (χ2v) is 6.68. The molecule has 0 saturated carbocycles. The zero-order valence-corrected chi connectivity index (χ0v) is 13.9. The van der Waals surface area contributed by atoms with Crippen molar-refractivity contribution in [3.63, 3.8) is 0 Å². The SMILES string of the molecule is Cn1c(CN2CCCCC2)nnc1C1CCN(C(=O)CO)CC1. The van der Waals surface area contributed by atoms with Gasteiger partial charge in [0, 0.05) is 26.1 Å². The van der Waals surface area contributed by atoms with Gasteiger partial charge in [-0.25, -0.2) is 0 Å². The van der Waals surface area contributed by atoms with E-state index in [1.165, 1.54) is 19.3 Å². The summed E-state index contributed by atoms with van der Waals surface area (Å²) in [6, 6.07) is 0. The summed E-state index contributed by atoms with van der Waals surface area (Å²) in [6.45, 7) is 4.18. The van der Waals surface area contributed by atoms with Crippen molar-refractivity contribution in [3.05, 3.63) is 11.6 Å². The van der Waals surface area contributed by atoms with E-state index in [9.17, 15) is 4.79 Å². The lowest BCUT2D eigenvalue weighted by molar-refractivity contribution is -0.135. The Balaban J connectivity index is 1.60. The van der Waals surface area contributed by atoms with E-state index in [4.69, 9.17) is 5.11 Å². The number of piperidine rings is 2. The van der Waals surface area contributed by atoms with Crippen molar-refractivity contribution in [2.24, 2.45) is 7.05 Å². The highest BCUT2D eigenvalue weighted by Crippen LogP contribution is 2.27. The molecule has 7 nitrogen and oxygen atoms in total. The predicted molar refractivity (Wildman–Crippen MR) is 85.8 cm³/mol. The number of aliphatic hydroxyl groups excluding tert-OH is 1. The number of rotatable bonds is 4. The molecule has 1 aromatic heterocycles. The van der Waals surface area contributed by atoms with Crippen LogP contribution in [-0.2, 0) is 18.4 Å². The van der Waals surface area contributed by atoms with Crippen LogP contribution in [0.15, 0.2) is 0 Å². The Morgan fingerprint density at radius 3 is 2.48 bits per heavy atom. The number of aromatic nitrogens is 3. The van der Waals surface area contributed by atoms with E-state index in [-0.39, 0.29) is 5.91 Å². The van der Waals surface area contributed by atoms with Crippen molar-refractivity contribution in [2.75, 3.05) is 32.8 Å². The summed E-state index contributed by atoms with van der Waals surface area (Å²) < 4.78 is 2.14. The van der Waals surface area contributed by atoms with Crippen molar-refractivity contribution < 1.29 is 9.90 Å². The number of amides is 1. The second-order valence-electron chi connectivity index (χ2n) is 6.68. The molecule has 0 radical (unpaired) electrons. The highest BCUT2D eigenvalue weighted by atomic mass is 16.3. The Hall–Kier alpha value is -1.47. The summed E-state index contributed by atoms with van der Waals surface area (Å²) in [7, 11) is 2.06. The van der Waals surface area contributed by atoms with Crippen molar-refractivity contribution in [2.45, 2.75) is 44.6 Å². The maximum atomic E-state index is 11.5. The topological polar surface area (TPSA) is 74.5 Å². The fourth-order valence-electron chi connectivity index (χ4n) is 3.67. The molecule has 0 atom stereocenters. The molecule has 128 valence electrons. The molecule has 23 heavy (non-hydrogen) atoms. The van der Waals surface area contributed by atoms with Crippen LogP contribution in [0.2, 0.25) is 0 Å². The monoisotopic (exact) mass is 321 g/mol. The highest BCUT2D eigenvalue weighted by molar-refractivity contribution is 5.77. The van der Waals surface area contributed by atoms with Crippen LogP contribution >= 0.6 is 0 Å². The minimum Gasteiger partial charge on any atom is -0.387 e. The molecule has 0 bridgehead atoms. The number of aliphatic hydroxyl groups is 1. The van der Waals surface area contributed by atoms with Gasteiger partial charge in [-0.15, -0.1) is 10.2 Å². The molecule has 7 heteroatoms. The number of carbonyl (C=O) groups excluding carboxylic acids is 1. The molecular weight excluding hydrogens is 294 g/mol. The quantitative estimate of drug-likeness (QED) is 0.874. The van der Waals surface area contributed by atoms with E-state index >= 15 is 0 Å². The van der Waals surface area contributed by atoms with Gasteiger partial charge in [-0.1, -0.05) is 6.42 Å². The summed E-state index contributed by atoms with van der Waals surface area (Å²) in [5, 5.41) is 17.8. The summed E-state index contributed by atoms with van der Waals surface area (Å²) >= 11 is 0. The smallest absolute Gasteiger partial charge is 0.248 e. The van der Waals surface area contributed by atoms with E-state index in [0.29, 0.717) is 19.0 Å². The summed E-state index contributed by atoms with van der Waals surface area (Å²) in [6.07, 6.45) is 5.68. The number of hydrogen-bond donors (Lipinski definition) is 1. The molecule has 2 aliphatic heterocycles. The molecule has 0 spiro atoms. The second kappa shape index (κ2) is 7.40. The Kier molecular flexibility index (Phi) is 5.27. The largest absolute Gasteiger partial charge is 0.387 e. The first-order valence-electron chi connectivity index (χ1n) is 8.68. The molecule has 1 N–H and O–H groups in total. The van der Waals surface area contributed by atoms with Gasteiger partial charge in [0.1, 0.15) is 18.3 Å². The Bertz CT molecular complexity index is 531. The van der Waals surface area contributed by atoms with Gasteiger partial charge in [0.05, 0.1) is 6.54 Å². The van der Waals surface area contributed by atoms with Crippen molar-refractivity contribution in [1.82, 2.24) is 24.6 Å². The van der Waals surface area contributed by atoms with Crippen LogP contribution in [0.25, 0.3) is 0 Å². The van der Waals surface area contributed by atoms with Crippen LogP contribution in [-0.4, -0.2) is 68.4 Å². The maximum Gasteiger partial charge on any atom is 0.248 e. The number of carbonyl (C=O) groups is 1. The first kappa shape index (κ1) is 16.4. The number of nitrogens with zero attached hydrogens (tertiary/aromatic N) is 5. The molecule has 1 amide bonds. The van der Waals surface area contributed by atoms with E-state index in [2.05, 4.69) is 26.7 Å². The van der Waals surface area contributed by atoms with Crippen LogP contribution in [0.5, 0.6) is 0 Å². The van der Waals surface area contributed by atoms with Gasteiger partial charge in [-0.3, -0.25) is 9.69 Å². The van der Waals surface area contributed by atoms with Gasteiger partial charge >= 0.3 is 0 Å². The average molecular weight is 321 g/mol. The van der Waals surface area contributed by atoms with E-state index < -0.39 is 6.61 Å². The van der Waals surface area contributed by atoms with E-state index in [0.717, 1.165) is 44.1 Å². The molecule has 1 aromatic rings. The zero-order valence-electron chi connectivity index (χ0n) is 13.9. The lowest BCUT2D eigenvalue weighted by atomic mass is 9.96. The summed E-state index contributed by atoms with van der Waals surface area (Å²) in [5.74, 6) is 2.25. The Morgan fingerprint density at radius 1 is 1.13 bits per heavy atom. The van der Waals surface area contributed by atoms with Crippen LogP contribution in [0, 0.1) is 0 Å². The average Bonchev–Trinajstić information content (AvgIpc) is 2.96. The van der Waals surface area contributed by atoms with Gasteiger partial charge in [-0.2, -0.15) is 0 Å². The van der Waals surface area contributed by atoms with Gasteiger partial charge in [-0.05, 0) is 38.8 Å². The standard InChI is InChI=1S/C16H27N5O2/c1-19-14(11-20-7-3-2-4-8-20)17-18-16(19)13-5-9-21(10-6-13)15(23)12-22/h13,22H,2-12H2,1H3. The van der Waals surface area contributed by atoms with Crippen LogP contribution in [0.3, 0.4) is 0 Å².